The van der Waals surface area contributed by atoms with E-state index in [1.807, 2.05) is 42.8 Å². The predicted octanol–water partition coefficient (Wildman–Crippen LogP) is 5.00. The van der Waals surface area contributed by atoms with Crippen molar-refractivity contribution in [3.05, 3.63) is 65.4 Å². The second-order valence-electron chi connectivity index (χ2n) is 6.59. The summed E-state index contributed by atoms with van der Waals surface area (Å²) in [5.41, 5.74) is 6.06. The van der Waals surface area contributed by atoms with Crippen LogP contribution in [0, 0.1) is 6.92 Å². The van der Waals surface area contributed by atoms with Crippen LogP contribution in [0.1, 0.15) is 23.9 Å². The van der Waals surface area contributed by atoms with Gasteiger partial charge in [-0.05, 0) is 25.1 Å². The van der Waals surface area contributed by atoms with Crippen molar-refractivity contribution >= 4 is 27.4 Å². The number of anilines is 1. The lowest BCUT2D eigenvalue weighted by atomic mass is 10.0. The molecular weight excluding hydrogens is 356 g/mol. The van der Waals surface area contributed by atoms with E-state index < -0.39 is 0 Å². The molecule has 1 aliphatic rings. The van der Waals surface area contributed by atoms with Gasteiger partial charge in [0.2, 0.25) is 0 Å². The smallest absolute Gasteiger partial charge is 0.130 e. The van der Waals surface area contributed by atoms with E-state index in [4.69, 9.17) is 4.74 Å². The maximum atomic E-state index is 5.76. The zero-order chi connectivity index (χ0) is 18.2. The van der Waals surface area contributed by atoms with Crippen molar-refractivity contribution in [3.8, 4) is 17.0 Å². The molecule has 1 aliphatic heterocycles. The molecule has 2 aromatic carbocycles. The molecule has 6 heteroatoms. The Hall–Kier alpha value is -2.99. The van der Waals surface area contributed by atoms with Gasteiger partial charge in [0.1, 0.15) is 17.4 Å². The number of hydrogen-bond acceptors (Lipinski definition) is 6. The molecule has 4 aromatic rings. The molecule has 5 nitrogen and oxygen atoms in total. The molecule has 1 N–H and O–H groups in total. The van der Waals surface area contributed by atoms with Gasteiger partial charge in [-0.1, -0.05) is 24.3 Å². The van der Waals surface area contributed by atoms with Crippen molar-refractivity contribution in [2.45, 2.75) is 19.4 Å². The van der Waals surface area contributed by atoms with Crippen molar-refractivity contribution in [3.63, 3.8) is 0 Å². The van der Waals surface area contributed by atoms with Crippen LogP contribution in [0.5, 0.6) is 5.75 Å². The fourth-order valence-corrected chi connectivity index (χ4v) is 4.19. The largest absolute Gasteiger partial charge is 0.493 e. The summed E-state index contributed by atoms with van der Waals surface area (Å²) in [6, 6.07) is 16.6. The molecule has 3 heterocycles. The van der Waals surface area contributed by atoms with Crippen LogP contribution < -0.4 is 10.1 Å². The highest BCUT2D eigenvalue weighted by molar-refractivity contribution is 7.16. The molecule has 5 rings (SSSR count). The Bertz CT molecular complexity index is 1120. The number of nitrogens with one attached hydrogen (secondary N) is 1. The fourth-order valence-electron chi connectivity index (χ4n) is 3.47. The van der Waals surface area contributed by atoms with Gasteiger partial charge in [-0.25, -0.2) is 15.0 Å². The van der Waals surface area contributed by atoms with E-state index in [-0.39, 0.29) is 6.04 Å². The van der Waals surface area contributed by atoms with Crippen LogP contribution in [0.3, 0.4) is 0 Å². The number of para-hydroxylation sites is 1. The predicted molar refractivity (Wildman–Crippen MR) is 108 cm³/mol. The number of thiazole rings is 1. The second-order valence-corrected chi connectivity index (χ2v) is 7.48. The van der Waals surface area contributed by atoms with Gasteiger partial charge in [-0.15, -0.1) is 11.3 Å². The molecular formula is C21H18N4OS. The maximum Gasteiger partial charge on any atom is 0.130 e. The van der Waals surface area contributed by atoms with E-state index in [2.05, 4.69) is 38.5 Å². The number of rotatable bonds is 3. The zero-order valence-corrected chi connectivity index (χ0v) is 15.7. The number of hydrogen-bond donors (Lipinski definition) is 1. The van der Waals surface area contributed by atoms with Crippen molar-refractivity contribution in [1.82, 2.24) is 15.0 Å². The quantitative estimate of drug-likeness (QED) is 0.547. The van der Waals surface area contributed by atoms with Crippen LogP contribution in [0.15, 0.2) is 54.0 Å². The van der Waals surface area contributed by atoms with Crippen molar-refractivity contribution in [2.24, 2.45) is 0 Å². The molecule has 0 aliphatic carbocycles. The number of ether oxygens (including phenoxy) is 1. The summed E-state index contributed by atoms with van der Waals surface area (Å²) in [5.74, 6) is 2.53. The molecule has 1 atom stereocenters. The Morgan fingerprint density at radius 3 is 3.00 bits per heavy atom. The van der Waals surface area contributed by atoms with Gasteiger partial charge in [-0.3, -0.25) is 0 Å². The Labute approximate surface area is 161 Å². The van der Waals surface area contributed by atoms with Gasteiger partial charge in [0.25, 0.3) is 0 Å². The van der Waals surface area contributed by atoms with Crippen molar-refractivity contribution < 1.29 is 4.74 Å². The fraction of sp³-hybridized carbons (Fsp3) is 0.190. The molecule has 27 heavy (non-hydrogen) atoms. The van der Waals surface area contributed by atoms with Gasteiger partial charge < -0.3 is 10.1 Å². The zero-order valence-electron chi connectivity index (χ0n) is 14.8. The first-order valence-corrected chi connectivity index (χ1v) is 9.82. The van der Waals surface area contributed by atoms with E-state index in [0.717, 1.165) is 45.3 Å². The minimum atomic E-state index is 0.182. The van der Waals surface area contributed by atoms with Crippen LogP contribution in [-0.2, 0) is 0 Å². The van der Waals surface area contributed by atoms with Crippen LogP contribution in [0.4, 0.5) is 5.82 Å². The van der Waals surface area contributed by atoms with Crippen LogP contribution in [0.2, 0.25) is 0 Å². The molecule has 0 saturated heterocycles. The summed E-state index contributed by atoms with van der Waals surface area (Å²) < 4.78 is 6.93. The standard InChI is InChI=1S/C21H18N4OS/c1-13-23-18(14-6-7-17-20(10-14)27-12-22-17)11-21(24-13)25-16-8-9-26-19-5-3-2-4-15(16)19/h2-7,10-12,16H,8-9H2,1H3,(H,23,24,25). The van der Waals surface area contributed by atoms with Gasteiger partial charge >= 0.3 is 0 Å². The lowest BCUT2D eigenvalue weighted by Crippen LogP contribution is -2.21. The van der Waals surface area contributed by atoms with E-state index in [1.165, 1.54) is 5.56 Å². The molecule has 0 saturated carbocycles. The van der Waals surface area contributed by atoms with E-state index in [9.17, 15) is 0 Å². The Balaban J connectivity index is 1.49. The molecule has 0 radical (unpaired) electrons. The minimum absolute atomic E-state index is 0.182. The summed E-state index contributed by atoms with van der Waals surface area (Å²) >= 11 is 1.64. The summed E-state index contributed by atoms with van der Waals surface area (Å²) in [4.78, 5) is 13.6. The third kappa shape index (κ3) is 3.13. The Morgan fingerprint density at radius 1 is 1.11 bits per heavy atom. The molecule has 0 amide bonds. The summed E-state index contributed by atoms with van der Waals surface area (Å²) in [6.45, 7) is 2.63. The topological polar surface area (TPSA) is 59.9 Å². The van der Waals surface area contributed by atoms with Crippen molar-refractivity contribution in [1.29, 1.82) is 0 Å². The first-order valence-electron chi connectivity index (χ1n) is 8.94. The normalized spacial score (nSPS) is 16.0. The molecule has 1 unspecified atom stereocenters. The van der Waals surface area contributed by atoms with Crippen LogP contribution >= 0.6 is 11.3 Å². The van der Waals surface area contributed by atoms with Crippen LogP contribution in [0.25, 0.3) is 21.5 Å². The average Bonchev–Trinajstić information content (AvgIpc) is 3.16. The van der Waals surface area contributed by atoms with Crippen molar-refractivity contribution in [2.75, 3.05) is 11.9 Å². The number of aromatic nitrogens is 3. The van der Waals surface area contributed by atoms with Gasteiger partial charge in [0.15, 0.2) is 0 Å². The highest BCUT2D eigenvalue weighted by Gasteiger charge is 2.21. The Kier molecular flexibility index (Phi) is 3.98. The van der Waals surface area contributed by atoms with Gasteiger partial charge in [0, 0.05) is 23.6 Å². The van der Waals surface area contributed by atoms with Gasteiger partial charge in [0.05, 0.1) is 34.1 Å². The first kappa shape index (κ1) is 16.2. The molecule has 0 bridgehead atoms. The summed E-state index contributed by atoms with van der Waals surface area (Å²) in [5, 5.41) is 3.58. The first-order chi connectivity index (χ1) is 13.3. The molecule has 134 valence electrons. The highest BCUT2D eigenvalue weighted by atomic mass is 32.1. The summed E-state index contributed by atoms with van der Waals surface area (Å²) in [6.07, 6.45) is 0.905. The monoisotopic (exact) mass is 374 g/mol. The second kappa shape index (κ2) is 6.63. The maximum absolute atomic E-state index is 5.76. The third-order valence-electron chi connectivity index (χ3n) is 4.75. The minimum Gasteiger partial charge on any atom is -0.493 e. The van der Waals surface area contributed by atoms with Gasteiger partial charge in [-0.2, -0.15) is 0 Å². The van der Waals surface area contributed by atoms with E-state index >= 15 is 0 Å². The van der Waals surface area contributed by atoms with E-state index in [1.54, 1.807) is 11.3 Å². The highest BCUT2D eigenvalue weighted by Crippen LogP contribution is 2.34. The Morgan fingerprint density at radius 2 is 2.04 bits per heavy atom. The number of aryl methyl sites for hydroxylation is 1. The SMILES string of the molecule is Cc1nc(NC2CCOc3ccccc32)cc(-c2ccc3ncsc3c2)n1. The number of nitrogens with zero attached hydrogens (tertiary/aromatic N) is 3. The summed E-state index contributed by atoms with van der Waals surface area (Å²) in [7, 11) is 0. The van der Waals surface area contributed by atoms with E-state index in [0.29, 0.717) is 6.61 Å². The molecule has 0 fully saturated rings. The lowest BCUT2D eigenvalue weighted by Gasteiger charge is -2.27. The molecule has 2 aromatic heterocycles. The molecule has 0 spiro atoms. The lowest BCUT2D eigenvalue weighted by molar-refractivity contribution is 0.274. The number of fused-ring (bicyclic) bond motifs is 2. The average molecular weight is 374 g/mol. The van der Waals surface area contributed by atoms with Crippen LogP contribution in [-0.4, -0.2) is 21.6 Å². The third-order valence-corrected chi connectivity index (χ3v) is 5.54. The number of benzene rings is 2.